The van der Waals surface area contributed by atoms with E-state index in [9.17, 15) is 0 Å². The Bertz CT molecular complexity index is 223. The molecule has 0 bridgehead atoms. The summed E-state index contributed by atoms with van der Waals surface area (Å²) in [6, 6.07) is 3.99. The third-order valence-electron chi connectivity index (χ3n) is 1.31. The number of hydrogen-bond donors (Lipinski definition) is 0. The molecule has 10 heavy (non-hydrogen) atoms. The van der Waals surface area contributed by atoms with Crippen molar-refractivity contribution in [2.45, 2.75) is 0 Å². The third kappa shape index (κ3) is 1.04. The summed E-state index contributed by atoms with van der Waals surface area (Å²) < 4.78 is 0. The Labute approximate surface area is 58.9 Å². The molecule has 3 heteroatoms. The minimum atomic E-state index is -0.366. The van der Waals surface area contributed by atoms with E-state index in [2.05, 4.69) is 4.99 Å². The fourth-order valence-corrected chi connectivity index (χ4v) is 0.734. The van der Waals surface area contributed by atoms with Gasteiger partial charge < -0.3 is 0 Å². The van der Waals surface area contributed by atoms with Gasteiger partial charge in [-0.15, -0.1) is 0 Å². The highest BCUT2D eigenvalue weighted by Crippen LogP contribution is 2.13. The Morgan fingerprint density at radius 3 is 2.40 bits per heavy atom. The van der Waals surface area contributed by atoms with E-state index in [0.29, 0.717) is 0 Å². The molecule has 0 aromatic heterocycles. The lowest BCUT2D eigenvalue weighted by molar-refractivity contribution is 0.738. The maximum atomic E-state index is 8.48. The second-order valence-electron chi connectivity index (χ2n) is 1.95. The number of nitrogens with zero attached hydrogens (tertiary/aromatic N) is 3. The van der Waals surface area contributed by atoms with E-state index in [1.807, 2.05) is 12.1 Å². The largest absolute Gasteiger partial charge is 0.268 e. The second kappa shape index (κ2) is 2.80. The molecule has 2 atom stereocenters. The van der Waals surface area contributed by atoms with Crippen LogP contribution in [0.15, 0.2) is 17.3 Å². The van der Waals surface area contributed by atoms with Crippen molar-refractivity contribution in [3.8, 4) is 12.1 Å². The fourth-order valence-electron chi connectivity index (χ4n) is 0.734. The van der Waals surface area contributed by atoms with Gasteiger partial charge >= 0.3 is 0 Å². The first-order valence-electron chi connectivity index (χ1n) is 2.87. The molecule has 1 rings (SSSR count). The first kappa shape index (κ1) is 6.51. The van der Waals surface area contributed by atoms with Gasteiger partial charge in [-0.25, -0.2) is 0 Å². The van der Waals surface area contributed by atoms with Gasteiger partial charge in [0.05, 0.1) is 18.1 Å². The van der Waals surface area contributed by atoms with Gasteiger partial charge in [-0.2, -0.15) is 10.5 Å². The van der Waals surface area contributed by atoms with Crippen molar-refractivity contribution in [2.24, 2.45) is 16.8 Å². The van der Waals surface area contributed by atoms with Gasteiger partial charge in [-0.05, 0) is 6.08 Å². The van der Waals surface area contributed by atoms with Crippen molar-refractivity contribution >= 4 is 6.21 Å². The Hall–Kier alpha value is -1.61. The number of hydrogen-bond acceptors (Lipinski definition) is 3. The summed E-state index contributed by atoms with van der Waals surface area (Å²) in [5, 5.41) is 16.9. The standard InChI is InChI=1S/C7H5N3/c8-3-6-1-2-10-5-7(6)4-9/h1-2,5-7H. The molecule has 0 aromatic carbocycles. The van der Waals surface area contributed by atoms with Crippen LogP contribution < -0.4 is 0 Å². The highest BCUT2D eigenvalue weighted by molar-refractivity contribution is 5.67. The number of rotatable bonds is 0. The second-order valence-corrected chi connectivity index (χ2v) is 1.95. The zero-order chi connectivity index (χ0) is 7.40. The van der Waals surface area contributed by atoms with Crippen LogP contribution in [0.2, 0.25) is 0 Å². The Balaban J connectivity index is 2.78. The van der Waals surface area contributed by atoms with E-state index in [1.165, 1.54) is 6.21 Å². The van der Waals surface area contributed by atoms with E-state index in [1.54, 1.807) is 12.3 Å². The van der Waals surface area contributed by atoms with Crippen molar-refractivity contribution in [3.63, 3.8) is 0 Å². The van der Waals surface area contributed by atoms with Gasteiger partial charge in [0.15, 0.2) is 0 Å². The molecule has 0 aliphatic carbocycles. The normalized spacial score (nSPS) is 29.0. The molecule has 0 fully saturated rings. The maximum absolute atomic E-state index is 8.48. The van der Waals surface area contributed by atoms with Gasteiger partial charge in [0.1, 0.15) is 5.92 Å². The van der Waals surface area contributed by atoms with E-state index in [0.717, 1.165) is 0 Å². The number of nitriles is 2. The van der Waals surface area contributed by atoms with Crippen molar-refractivity contribution in [3.05, 3.63) is 12.3 Å². The molecule has 1 aliphatic heterocycles. The van der Waals surface area contributed by atoms with Crippen LogP contribution in [0.25, 0.3) is 0 Å². The molecule has 0 N–H and O–H groups in total. The molecule has 1 heterocycles. The minimum absolute atomic E-state index is 0.317. The van der Waals surface area contributed by atoms with E-state index < -0.39 is 0 Å². The maximum Gasteiger partial charge on any atom is 0.101 e. The van der Waals surface area contributed by atoms with Crippen LogP contribution in [0.4, 0.5) is 0 Å². The molecule has 0 amide bonds. The number of allylic oxidation sites excluding steroid dienone is 1. The smallest absolute Gasteiger partial charge is 0.101 e. The summed E-state index contributed by atoms with van der Waals surface area (Å²) >= 11 is 0. The summed E-state index contributed by atoms with van der Waals surface area (Å²) in [5.74, 6) is -0.683. The lowest BCUT2D eigenvalue weighted by atomic mass is 9.95. The highest BCUT2D eigenvalue weighted by Gasteiger charge is 2.17. The van der Waals surface area contributed by atoms with Crippen LogP contribution >= 0.6 is 0 Å². The average molecular weight is 131 g/mol. The molecule has 3 nitrogen and oxygen atoms in total. The van der Waals surface area contributed by atoms with Crippen molar-refractivity contribution in [1.82, 2.24) is 0 Å². The van der Waals surface area contributed by atoms with E-state index in [-0.39, 0.29) is 11.8 Å². The topological polar surface area (TPSA) is 59.9 Å². The predicted molar refractivity (Wildman–Crippen MR) is 35.8 cm³/mol. The summed E-state index contributed by atoms with van der Waals surface area (Å²) in [4.78, 5) is 3.75. The zero-order valence-electron chi connectivity index (χ0n) is 5.23. The number of aliphatic imine (C=N–C) groups is 1. The predicted octanol–water partition coefficient (Wildman–Crippen LogP) is 0.864. The summed E-state index contributed by atoms with van der Waals surface area (Å²) in [5.41, 5.74) is 0. The zero-order valence-corrected chi connectivity index (χ0v) is 5.23. The van der Waals surface area contributed by atoms with E-state index >= 15 is 0 Å². The summed E-state index contributed by atoms with van der Waals surface area (Å²) in [7, 11) is 0. The van der Waals surface area contributed by atoms with E-state index in [4.69, 9.17) is 10.5 Å². The first-order valence-corrected chi connectivity index (χ1v) is 2.87. The van der Waals surface area contributed by atoms with Gasteiger partial charge in [-0.1, -0.05) is 0 Å². The van der Waals surface area contributed by atoms with Crippen LogP contribution in [0, 0.1) is 34.5 Å². The molecule has 1 aliphatic rings. The minimum Gasteiger partial charge on any atom is -0.268 e. The molecule has 48 valence electrons. The van der Waals surface area contributed by atoms with Gasteiger partial charge in [0, 0.05) is 12.4 Å². The Kier molecular flexibility index (Phi) is 1.82. The van der Waals surface area contributed by atoms with Gasteiger partial charge in [0.2, 0.25) is 0 Å². The molecular weight excluding hydrogens is 126 g/mol. The molecule has 0 aromatic rings. The highest BCUT2D eigenvalue weighted by atomic mass is 14.7. The molecule has 0 spiro atoms. The molecule has 0 saturated carbocycles. The summed E-state index contributed by atoms with van der Waals surface area (Å²) in [6.07, 6.45) is 4.67. The van der Waals surface area contributed by atoms with Crippen molar-refractivity contribution in [1.29, 1.82) is 10.5 Å². The molecule has 2 unspecified atom stereocenters. The molecule has 0 radical (unpaired) electrons. The van der Waals surface area contributed by atoms with Crippen molar-refractivity contribution < 1.29 is 0 Å². The average Bonchev–Trinajstić information content (AvgIpc) is 2.04. The fraction of sp³-hybridized carbons (Fsp3) is 0.286. The quantitative estimate of drug-likeness (QED) is 0.489. The molecular formula is C7H5N3. The Morgan fingerprint density at radius 1 is 1.20 bits per heavy atom. The van der Waals surface area contributed by atoms with Crippen LogP contribution in [0.1, 0.15) is 0 Å². The molecule has 0 saturated heterocycles. The van der Waals surface area contributed by atoms with Crippen LogP contribution in [-0.2, 0) is 0 Å². The van der Waals surface area contributed by atoms with Crippen LogP contribution in [0.5, 0.6) is 0 Å². The first-order chi connectivity index (χ1) is 4.88. The van der Waals surface area contributed by atoms with Crippen molar-refractivity contribution in [2.75, 3.05) is 0 Å². The third-order valence-corrected chi connectivity index (χ3v) is 1.31. The SMILES string of the molecule is N#CC1C=CN=CC1C#N. The van der Waals surface area contributed by atoms with Crippen LogP contribution in [0.3, 0.4) is 0 Å². The lowest BCUT2D eigenvalue weighted by Crippen LogP contribution is -2.12. The van der Waals surface area contributed by atoms with Gasteiger partial charge in [-0.3, -0.25) is 4.99 Å². The summed E-state index contributed by atoms with van der Waals surface area (Å²) in [6.45, 7) is 0. The monoisotopic (exact) mass is 131 g/mol. The lowest BCUT2D eigenvalue weighted by Gasteiger charge is -2.07. The van der Waals surface area contributed by atoms with Gasteiger partial charge in [0.25, 0.3) is 0 Å². The Morgan fingerprint density at radius 2 is 1.90 bits per heavy atom. The van der Waals surface area contributed by atoms with Crippen LogP contribution in [-0.4, -0.2) is 6.21 Å².